The fraction of sp³-hybridized carbons (Fsp3) is 0. The zero-order chi connectivity index (χ0) is 15.5. The molecule has 2 aromatic heterocycles. The summed E-state index contributed by atoms with van der Waals surface area (Å²) >= 11 is 0. The van der Waals surface area contributed by atoms with Crippen molar-refractivity contribution in [3.63, 3.8) is 0 Å². The van der Waals surface area contributed by atoms with Gasteiger partial charge in [-0.05, 0) is 24.3 Å². The first kappa shape index (κ1) is 13.5. The Balaban J connectivity index is 1.96. The highest BCUT2D eigenvalue weighted by Crippen LogP contribution is 2.13. The SMILES string of the molecule is N#Cc1cccc(NC(=O)c2cc3ccccc3oc2=N)n1. The first-order valence-corrected chi connectivity index (χ1v) is 6.43. The van der Waals surface area contributed by atoms with E-state index < -0.39 is 5.91 Å². The molecule has 0 aliphatic rings. The van der Waals surface area contributed by atoms with Gasteiger partial charge in [0, 0.05) is 5.39 Å². The third-order valence-electron chi connectivity index (χ3n) is 3.03. The number of nitrogens with one attached hydrogen (secondary N) is 2. The van der Waals surface area contributed by atoms with Gasteiger partial charge >= 0.3 is 0 Å². The molecule has 6 nitrogen and oxygen atoms in total. The minimum Gasteiger partial charge on any atom is -0.438 e. The lowest BCUT2D eigenvalue weighted by molar-refractivity contribution is 0.102. The summed E-state index contributed by atoms with van der Waals surface area (Å²) in [5.41, 5.74) is 0.608. The normalized spacial score (nSPS) is 10.1. The topological polar surface area (TPSA) is 103 Å². The summed E-state index contributed by atoms with van der Waals surface area (Å²) in [7, 11) is 0. The van der Waals surface area contributed by atoms with E-state index in [2.05, 4.69) is 10.3 Å². The average Bonchev–Trinajstić information content (AvgIpc) is 2.54. The highest BCUT2D eigenvalue weighted by atomic mass is 16.3. The fourth-order valence-corrected chi connectivity index (χ4v) is 2.00. The van der Waals surface area contributed by atoms with Crippen LogP contribution in [0.3, 0.4) is 0 Å². The van der Waals surface area contributed by atoms with Crippen molar-refractivity contribution in [1.82, 2.24) is 4.98 Å². The lowest BCUT2D eigenvalue weighted by atomic mass is 10.2. The van der Waals surface area contributed by atoms with Crippen LogP contribution in [0.15, 0.2) is 52.9 Å². The second kappa shape index (κ2) is 5.50. The Bertz CT molecular complexity index is 970. The number of carbonyl (C=O) groups is 1. The molecule has 0 radical (unpaired) electrons. The second-order valence-corrected chi connectivity index (χ2v) is 4.50. The van der Waals surface area contributed by atoms with Crippen molar-refractivity contribution in [3.8, 4) is 6.07 Å². The van der Waals surface area contributed by atoms with Gasteiger partial charge in [0.2, 0.25) is 5.55 Å². The van der Waals surface area contributed by atoms with E-state index in [1.807, 2.05) is 12.1 Å². The Morgan fingerprint density at radius 3 is 2.86 bits per heavy atom. The van der Waals surface area contributed by atoms with Crippen LogP contribution in [-0.4, -0.2) is 10.9 Å². The van der Waals surface area contributed by atoms with E-state index in [0.717, 1.165) is 5.39 Å². The number of aromatic nitrogens is 1. The molecule has 0 atom stereocenters. The highest BCUT2D eigenvalue weighted by molar-refractivity contribution is 6.04. The van der Waals surface area contributed by atoms with Crippen molar-refractivity contribution in [2.75, 3.05) is 5.32 Å². The lowest BCUT2D eigenvalue weighted by Gasteiger charge is -2.05. The fourth-order valence-electron chi connectivity index (χ4n) is 2.00. The Morgan fingerprint density at radius 2 is 2.05 bits per heavy atom. The maximum atomic E-state index is 12.3. The van der Waals surface area contributed by atoms with Gasteiger partial charge in [0.1, 0.15) is 28.7 Å². The smallest absolute Gasteiger partial charge is 0.262 e. The van der Waals surface area contributed by atoms with Crippen molar-refractivity contribution in [2.24, 2.45) is 0 Å². The number of fused-ring (bicyclic) bond motifs is 1. The molecule has 0 bridgehead atoms. The molecule has 0 unspecified atom stereocenters. The maximum Gasteiger partial charge on any atom is 0.262 e. The Labute approximate surface area is 125 Å². The number of anilines is 1. The predicted octanol–water partition coefficient (Wildman–Crippen LogP) is 2.43. The minimum atomic E-state index is -0.512. The lowest BCUT2D eigenvalue weighted by Crippen LogP contribution is -2.21. The summed E-state index contributed by atoms with van der Waals surface area (Å²) in [4.78, 5) is 16.2. The third kappa shape index (κ3) is 2.55. The molecule has 3 aromatic rings. The number of benzene rings is 1. The van der Waals surface area contributed by atoms with E-state index in [1.54, 1.807) is 36.4 Å². The Morgan fingerprint density at radius 1 is 1.23 bits per heavy atom. The van der Waals surface area contributed by atoms with Gasteiger partial charge in [-0.15, -0.1) is 0 Å². The van der Waals surface area contributed by atoms with Gasteiger partial charge in [-0.3, -0.25) is 10.2 Å². The van der Waals surface area contributed by atoms with Gasteiger partial charge in [-0.2, -0.15) is 5.26 Å². The maximum absolute atomic E-state index is 12.3. The second-order valence-electron chi connectivity index (χ2n) is 4.50. The molecule has 22 heavy (non-hydrogen) atoms. The van der Waals surface area contributed by atoms with Crippen LogP contribution >= 0.6 is 0 Å². The number of amides is 1. The average molecular weight is 290 g/mol. The molecule has 0 saturated heterocycles. The number of hydrogen-bond acceptors (Lipinski definition) is 5. The molecule has 1 aromatic carbocycles. The number of nitriles is 1. The quantitative estimate of drug-likeness (QED) is 0.756. The van der Waals surface area contributed by atoms with Crippen LogP contribution in [0.5, 0.6) is 0 Å². The van der Waals surface area contributed by atoms with Crippen molar-refractivity contribution in [1.29, 1.82) is 10.7 Å². The molecule has 2 heterocycles. The molecule has 2 N–H and O–H groups in total. The van der Waals surface area contributed by atoms with Crippen LogP contribution in [0.1, 0.15) is 16.1 Å². The highest BCUT2D eigenvalue weighted by Gasteiger charge is 2.12. The van der Waals surface area contributed by atoms with Gasteiger partial charge in [-0.1, -0.05) is 24.3 Å². The molecule has 0 aliphatic heterocycles. The molecule has 3 rings (SSSR count). The molecule has 0 aliphatic carbocycles. The van der Waals surface area contributed by atoms with Crippen LogP contribution in [0.2, 0.25) is 0 Å². The Hall–Kier alpha value is -3.46. The molecule has 106 valence electrons. The van der Waals surface area contributed by atoms with Gasteiger partial charge in [0.25, 0.3) is 5.91 Å². The summed E-state index contributed by atoms with van der Waals surface area (Å²) < 4.78 is 5.33. The summed E-state index contributed by atoms with van der Waals surface area (Å²) in [5, 5.41) is 19.9. The van der Waals surface area contributed by atoms with E-state index in [9.17, 15) is 4.79 Å². The van der Waals surface area contributed by atoms with Crippen LogP contribution in [-0.2, 0) is 0 Å². The monoisotopic (exact) mass is 290 g/mol. The zero-order valence-corrected chi connectivity index (χ0v) is 11.3. The number of carbonyl (C=O) groups excluding carboxylic acids is 1. The standard InChI is InChI=1S/C16H10N4O2/c17-9-11-5-3-7-14(19-11)20-16(21)12-8-10-4-1-2-6-13(10)22-15(12)18/h1-8,18H,(H,19,20,21). The van der Waals surface area contributed by atoms with Crippen molar-refractivity contribution >= 4 is 22.7 Å². The summed E-state index contributed by atoms with van der Waals surface area (Å²) in [6, 6.07) is 15.4. The van der Waals surface area contributed by atoms with Gasteiger partial charge in [0.15, 0.2) is 0 Å². The third-order valence-corrected chi connectivity index (χ3v) is 3.03. The number of nitrogens with zero attached hydrogens (tertiary/aromatic N) is 2. The van der Waals surface area contributed by atoms with Crippen molar-refractivity contribution in [2.45, 2.75) is 0 Å². The van der Waals surface area contributed by atoms with Crippen molar-refractivity contribution in [3.05, 3.63) is 65.3 Å². The van der Waals surface area contributed by atoms with E-state index in [-0.39, 0.29) is 22.6 Å². The summed E-state index contributed by atoms with van der Waals surface area (Å²) in [5.74, 6) is -0.265. The van der Waals surface area contributed by atoms with Gasteiger partial charge in [-0.25, -0.2) is 4.98 Å². The summed E-state index contributed by atoms with van der Waals surface area (Å²) in [6.07, 6.45) is 0. The van der Waals surface area contributed by atoms with Gasteiger partial charge in [0.05, 0.1) is 0 Å². The first-order valence-electron chi connectivity index (χ1n) is 6.43. The van der Waals surface area contributed by atoms with Crippen LogP contribution in [0, 0.1) is 16.7 Å². The molecule has 0 saturated carbocycles. The Kier molecular flexibility index (Phi) is 3.38. The van der Waals surface area contributed by atoms with E-state index in [0.29, 0.717) is 5.58 Å². The number of hydrogen-bond donors (Lipinski definition) is 2. The number of pyridine rings is 1. The van der Waals surface area contributed by atoms with Crippen molar-refractivity contribution < 1.29 is 9.21 Å². The number of rotatable bonds is 2. The molecule has 0 fully saturated rings. The largest absolute Gasteiger partial charge is 0.438 e. The molecule has 0 spiro atoms. The van der Waals surface area contributed by atoms with Gasteiger partial charge < -0.3 is 9.73 Å². The molecular weight excluding hydrogens is 280 g/mol. The van der Waals surface area contributed by atoms with E-state index in [4.69, 9.17) is 15.1 Å². The zero-order valence-electron chi connectivity index (χ0n) is 11.3. The van der Waals surface area contributed by atoms with Crippen LogP contribution in [0.4, 0.5) is 5.82 Å². The first-order chi connectivity index (χ1) is 10.7. The number of para-hydroxylation sites is 1. The summed E-state index contributed by atoms with van der Waals surface area (Å²) in [6.45, 7) is 0. The van der Waals surface area contributed by atoms with E-state index >= 15 is 0 Å². The van der Waals surface area contributed by atoms with Crippen LogP contribution < -0.4 is 10.9 Å². The van der Waals surface area contributed by atoms with E-state index in [1.165, 1.54) is 6.07 Å². The molecule has 1 amide bonds. The molecule has 6 heteroatoms. The van der Waals surface area contributed by atoms with Crippen LogP contribution in [0.25, 0.3) is 11.0 Å². The predicted molar refractivity (Wildman–Crippen MR) is 79.0 cm³/mol. The molecular formula is C16H10N4O2. The minimum absolute atomic E-state index is 0.0999.